The summed E-state index contributed by atoms with van der Waals surface area (Å²) in [5.74, 6) is -0.840. The molecule has 0 aromatic heterocycles. The van der Waals surface area contributed by atoms with Crippen molar-refractivity contribution in [2.24, 2.45) is 0 Å². The molecule has 0 aliphatic rings. The highest BCUT2D eigenvalue weighted by molar-refractivity contribution is 6.31. The normalized spacial score (nSPS) is 11.7. The topological polar surface area (TPSA) is 62.6 Å². The average Bonchev–Trinajstić information content (AvgIpc) is 2.59. The van der Waals surface area contributed by atoms with Crippen molar-refractivity contribution >= 4 is 29.1 Å². The molecule has 0 radical (unpaired) electrons. The van der Waals surface area contributed by atoms with E-state index in [1.54, 1.807) is 30.3 Å². The van der Waals surface area contributed by atoms with Crippen LogP contribution in [0.4, 0.5) is 10.1 Å². The van der Waals surface area contributed by atoms with Gasteiger partial charge < -0.3 is 15.5 Å². The Bertz CT molecular complexity index is 781. The summed E-state index contributed by atoms with van der Waals surface area (Å²) in [6.45, 7) is 2.49. The number of carbonyl (C=O) groups excluding carboxylic acids is 2. The first-order valence-electron chi connectivity index (χ1n) is 8.22. The highest BCUT2D eigenvalue weighted by atomic mass is 35.5. The Hall–Kier alpha value is -2.44. The van der Waals surface area contributed by atoms with Crippen LogP contribution in [0.25, 0.3) is 0 Å². The third kappa shape index (κ3) is 6.13. The van der Waals surface area contributed by atoms with E-state index in [0.29, 0.717) is 17.3 Å². The minimum atomic E-state index is -0.320. The Morgan fingerprint density at radius 2 is 1.81 bits per heavy atom. The number of likely N-dealkylation sites (N-methyl/N-ethyl adjacent to an activating group) is 1. The first-order valence-corrected chi connectivity index (χ1v) is 8.60. The molecule has 0 heterocycles. The molecule has 3 N–H and O–H groups in total. The molecule has 7 heteroatoms. The Morgan fingerprint density at radius 1 is 1.12 bits per heavy atom. The van der Waals surface area contributed by atoms with Gasteiger partial charge in [0.15, 0.2) is 6.54 Å². The van der Waals surface area contributed by atoms with Gasteiger partial charge in [0.1, 0.15) is 12.4 Å². The average molecular weight is 379 g/mol. The summed E-state index contributed by atoms with van der Waals surface area (Å²) in [6.07, 6.45) is 0. The molecule has 2 amide bonds. The third-order valence-electron chi connectivity index (χ3n) is 3.87. The smallest absolute Gasteiger partial charge is 0.275 e. The SMILES string of the molecule is Cc1c(Cl)cccc1NC(=O)CNC(=O)C[NH+](C)Cc1ccc(F)cc1. The molecular weight excluding hydrogens is 357 g/mol. The van der Waals surface area contributed by atoms with Crippen molar-refractivity contribution in [2.75, 3.05) is 25.5 Å². The molecule has 0 fully saturated rings. The van der Waals surface area contributed by atoms with Crippen LogP contribution < -0.4 is 15.5 Å². The summed E-state index contributed by atoms with van der Waals surface area (Å²) in [6, 6.07) is 11.4. The zero-order valence-corrected chi connectivity index (χ0v) is 15.5. The molecule has 2 aromatic carbocycles. The number of anilines is 1. The largest absolute Gasteiger partial charge is 0.342 e. The van der Waals surface area contributed by atoms with Gasteiger partial charge in [0.25, 0.3) is 5.91 Å². The summed E-state index contributed by atoms with van der Waals surface area (Å²) < 4.78 is 12.9. The summed E-state index contributed by atoms with van der Waals surface area (Å²) in [7, 11) is 1.86. The van der Waals surface area contributed by atoms with Gasteiger partial charge in [0, 0.05) is 16.3 Å². The lowest BCUT2D eigenvalue weighted by molar-refractivity contribution is -0.885. The molecule has 0 spiro atoms. The predicted molar refractivity (Wildman–Crippen MR) is 99.7 cm³/mol. The van der Waals surface area contributed by atoms with Crippen LogP contribution >= 0.6 is 11.6 Å². The highest BCUT2D eigenvalue weighted by Gasteiger charge is 2.13. The Balaban J connectivity index is 1.76. The number of amides is 2. The molecule has 0 saturated carbocycles. The van der Waals surface area contributed by atoms with Gasteiger partial charge in [0.2, 0.25) is 5.91 Å². The Labute approximate surface area is 157 Å². The molecule has 2 aromatic rings. The number of hydrogen-bond donors (Lipinski definition) is 3. The van der Waals surface area contributed by atoms with Crippen LogP contribution in [0.3, 0.4) is 0 Å². The lowest BCUT2D eigenvalue weighted by atomic mass is 10.2. The van der Waals surface area contributed by atoms with Gasteiger partial charge >= 0.3 is 0 Å². The van der Waals surface area contributed by atoms with E-state index in [-0.39, 0.29) is 30.7 Å². The van der Waals surface area contributed by atoms with E-state index in [9.17, 15) is 14.0 Å². The number of halogens is 2. The Kier molecular flexibility index (Phi) is 7.12. The highest BCUT2D eigenvalue weighted by Crippen LogP contribution is 2.22. The number of rotatable bonds is 7. The number of quaternary nitrogens is 1. The molecule has 26 heavy (non-hydrogen) atoms. The second-order valence-corrected chi connectivity index (χ2v) is 6.58. The summed E-state index contributed by atoms with van der Waals surface area (Å²) in [4.78, 5) is 24.9. The van der Waals surface area contributed by atoms with Gasteiger partial charge in [0.05, 0.1) is 13.6 Å². The minimum Gasteiger partial charge on any atom is -0.342 e. The van der Waals surface area contributed by atoms with Gasteiger partial charge in [-0.15, -0.1) is 0 Å². The Morgan fingerprint density at radius 3 is 2.50 bits per heavy atom. The van der Waals surface area contributed by atoms with Crippen molar-refractivity contribution in [3.05, 3.63) is 64.4 Å². The molecule has 1 atom stereocenters. The third-order valence-corrected chi connectivity index (χ3v) is 4.28. The maximum atomic E-state index is 12.9. The lowest BCUT2D eigenvalue weighted by Crippen LogP contribution is -3.08. The first kappa shape index (κ1) is 19.9. The first-order chi connectivity index (χ1) is 12.3. The van der Waals surface area contributed by atoms with Crippen LogP contribution in [-0.4, -0.2) is 32.0 Å². The van der Waals surface area contributed by atoms with E-state index >= 15 is 0 Å². The maximum Gasteiger partial charge on any atom is 0.275 e. The van der Waals surface area contributed by atoms with Crippen molar-refractivity contribution in [3.8, 4) is 0 Å². The van der Waals surface area contributed by atoms with Crippen molar-refractivity contribution in [1.29, 1.82) is 0 Å². The molecule has 0 aliphatic carbocycles. The van der Waals surface area contributed by atoms with Gasteiger partial charge in [-0.3, -0.25) is 9.59 Å². The predicted octanol–water partition coefficient (Wildman–Crippen LogP) is 1.56. The van der Waals surface area contributed by atoms with Crippen molar-refractivity contribution in [3.63, 3.8) is 0 Å². The van der Waals surface area contributed by atoms with Crippen molar-refractivity contribution in [2.45, 2.75) is 13.5 Å². The maximum absolute atomic E-state index is 12.9. The molecule has 2 rings (SSSR count). The van der Waals surface area contributed by atoms with Crippen LogP contribution in [0.5, 0.6) is 0 Å². The lowest BCUT2D eigenvalue weighted by Gasteiger charge is -2.14. The van der Waals surface area contributed by atoms with E-state index in [2.05, 4.69) is 10.6 Å². The van der Waals surface area contributed by atoms with E-state index < -0.39 is 0 Å². The molecule has 0 aliphatic heterocycles. The number of nitrogens with one attached hydrogen (secondary N) is 3. The second-order valence-electron chi connectivity index (χ2n) is 6.17. The standard InChI is InChI=1S/C19H21ClFN3O2/c1-13-16(20)4-3-5-17(13)23-18(25)10-22-19(26)12-24(2)11-14-6-8-15(21)9-7-14/h3-9H,10-12H2,1-2H3,(H,22,26)(H,23,25)/p+1. The summed E-state index contributed by atoms with van der Waals surface area (Å²) >= 11 is 6.01. The molecule has 0 saturated heterocycles. The van der Waals surface area contributed by atoms with Crippen LogP contribution in [0.2, 0.25) is 5.02 Å². The van der Waals surface area contributed by atoms with Crippen molar-refractivity contribution in [1.82, 2.24) is 5.32 Å². The van der Waals surface area contributed by atoms with Gasteiger partial charge in [-0.1, -0.05) is 29.8 Å². The van der Waals surface area contributed by atoms with Crippen LogP contribution in [0.1, 0.15) is 11.1 Å². The van der Waals surface area contributed by atoms with Gasteiger partial charge in [-0.05, 0) is 36.8 Å². The number of benzene rings is 2. The zero-order chi connectivity index (χ0) is 19.1. The fraction of sp³-hybridized carbons (Fsp3) is 0.263. The van der Waals surface area contributed by atoms with Gasteiger partial charge in [-0.25, -0.2) is 4.39 Å². The van der Waals surface area contributed by atoms with E-state index in [1.807, 2.05) is 14.0 Å². The van der Waals surface area contributed by atoms with Gasteiger partial charge in [-0.2, -0.15) is 0 Å². The molecule has 5 nitrogen and oxygen atoms in total. The monoisotopic (exact) mass is 378 g/mol. The molecule has 0 bridgehead atoms. The molecular formula is C19H22ClFN3O2+. The van der Waals surface area contributed by atoms with Crippen LogP contribution in [0, 0.1) is 12.7 Å². The molecule has 138 valence electrons. The fourth-order valence-corrected chi connectivity index (χ4v) is 2.64. The number of hydrogen-bond acceptors (Lipinski definition) is 2. The van der Waals surface area contributed by atoms with Crippen LogP contribution in [-0.2, 0) is 16.1 Å². The van der Waals surface area contributed by atoms with E-state index in [0.717, 1.165) is 16.0 Å². The zero-order valence-electron chi connectivity index (χ0n) is 14.7. The van der Waals surface area contributed by atoms with E-state index in [4.69, 9.17) is 11.6 Å². The second kappa shape index (κ2) is 9.31. The quantitative estimate of drug-likeness (QED) is 0.684. The van der Waals surface area contributed by atoms with E-state index in [1.165, 1.54) is 12.1 Å². The summed E-state index contributed by atoms with van der Waals surface area (Å²) in [5.41, 5.74) is 2.33. The fourth-order valence-electron chi connectivity index (χ4n) is 2.47. The summed E-state index contributed by atoms with van der Waals surface area (Å²) in [5, 5.41) is 5.89. The van der Waals surface area contributed by atoms with Crippen LogP contribution in [0.15, 0.2) is 42.5 Å². The molecule has 1 unspecified atom stereocenters. The van der Waals surface area contributed by atoms with Crippen molar-refractivity contribution < 1.29 is 18.9 Å². The minimum absolute atomic E-state index is 0.116. The number of carbonyl (C=O) groups is 2.